The third kappa shape index (κ3) is 6.22. The molecule has 0 saturated heterocycles. The van der Waals surface area contributed by atoms with Crippen LogP contribution in [0.5, 0.6) is 0 Å². The fourth-order valence-corrected chi connectivity index (χ4v) is 2.10. The van der Waals surface area contributed by atoms with Gasteiger partial charge in [-0.2, -0.15) is 0 Å². The van der Waals surface area contributed by atoms with Gasteiger partial charge in [-0.1, -0.05) is 11.6 Å². The molecule has 7 heteroatoms. The second kappa shape index (κ2) is 10.4. The average Bonchev–Trinajstić information content (AvgIpc) is 2.46. The average molecular weight is 347 g/mol. The molecule has 0 atom stereocenters. The van der Waals surface area contributed by atoms with Gasteiger partial charge in [0, 0.05) is 25.3 Å². The minimum absolute atomic E-state index is 0. The van der Waals surface area contributed by atoms with Crippen molar-refractivity contribution in [2.24, 2.45) is 0 Å². The zero-order chi connectivity index (χ0) is 14.4. The zero-order valence-corrected chi connectivity index (χ0v) is 14.5. The van der Waals surface area contributed by atoms with Crippen LogP contribution in [0.15, 0.2) is 30.0 Å². The van der Waals surface area contributed by atoms with E-state index in [2.05, 4.69) is 27.0 Å². The molecule has 1 aliphatic rings. The monoisotopic (exact) mass is 346 g/mol. The normalized spacial score (nSPS) is 13.5. The maximum absolute atomic E-state index is 12.3. The number of halogens is 2. The fraction of sp³-hybridized carbons (Fsp3) is 0.467. The van der Waals surface area contributed by atoms with Crippen molar-refractivity contribution in [3.63, 3.8) is 0 Å². The molecule has 0 radical (unpaired) electrons. The summed E-state index contributed by atoms with van der Waals surface area (Å²) >= 11 is 0. The first-order valence-electron chi connectivity index (χ1n) is 7.05. The minimum atomic E-state index is -0.0827. The second-order valence-electron chi connectivity index (χ2n) is 5.20. The molecule has 1 amide bonds. The minimum Gasteiger partial charge on any atom is -0.367 e. The Balaban J connectivity index is 0.00000220. The van der Waals surface area contributed by atoms with Crippen LogP contribution in [0.25, 0.3) is 0 Å². The maximum Gasteiger partial charge on any atom is 0.255 e. The van der Waals surface area contributed by atoms with E-state index in [0.29, 0.717) is 17.9 Å². The summed E-state index contributed by atoms with van der Waals surface area (Å²) in [5.41, 5.74) is 1.87. The number of pyridine rings is 1. The van der Waals surface area contributed by atoms with E-state index in [-0.39, 0.29) is 36.8 Å². The number of hydrogen-bond acceptors (Lipinski definition) is 4. The summed E-state index contributed by atoms with van der Waals surface area (Å²) in [6, 6.07) is 3.82. The Morgan fingerprint density at radius 2 is 2.18 bits per heavy atom. The SMILES string of the molecule is CC(C)Nc1ncccc1C(=O)NCC1=CCNCC1.Cl.Cl. The van der Waals surface area contributed by atoms with Gasteiger partial charge in [-0.15, -0.1) is 24.8 Å². The molecule has 2 rings (SSSR count). The van der Waals surface area contributed by atoms with Crippen LogP contribution in [0.4, 0.5) is 5.82 Å². The van der Waals surface area contributed by atoms with Crippen molar-refractivity contribution in [1.29, 1.82) is 0 Å². The van der Waals surface area contributed by atoms with Crippen LogP contribution >= 0.6 is 24.8 Å². The topological polar surface area (TPSA) is 66.0 Å². The largest absolute Gasteiger partial charge is 0.367 e. The summed E-state index contributed by atoms with van der Waals surface area (Å²) in [5.74, 6) is 0.556. The Morgan fingerprint density at radius 3 is 2.82 bits per heavy atom. The molecule has 0 spiro atoms. The van der Waals surface area contributed by atoms with E-state index in [1.807, 2.05) is 13.8 Å². The smallest absolute Gasteiger partial charge is 0.255 e. The van der Waals surface area contributed by atoms with Gasteiger partial charge in [-0.3, -0.25) is 4.79 Å². The van der Waals surface area contributed by atoms with Gasteiger partial charge in [0.2, 0.25) is 0 Å². The van der Waals surface area contributed by atoms with Gasteiger partial charge in [-0.25, -0.2) is 4.98 Å². The number of aromatic nitrogens is 1. The van der Waals surface area contributed by atoms with Gasteiger partial charge in [-0.05, 0) is 38.9 Å². The Hall–Kier alpha value is -1.30. The second-order valence-corrected chi connectivity index (χ2v) is 5.20. The molecule has 0 bridgehead atoms. The lowest BCUT2D eigenvalue weighted by Gasteiger charge is -2.16. The van der Waals surface area contributed by atoms with Crippen molar-refractivity contribution in [2.75, 3.05) is 25.0 Å². The lowest BCUT2D eigenvalue weighted by Crippen LogP contribution is -2.30. The summed E-state index contributed by atoms with van der Waals surface area (Å²) in [7, 11) is 0. The Morgan fingerprint density at radius 1 is 1.41 bits per heavy atom. The highest BCUT2D eigenvalue weighted by Gasteiger charge is 2.13. The molecule has 0 saturated carbocycles. The first kappa shape index (κ1) is 20.7. The van der Waals surface area contributed by atoms with Gasteiger partial charge in [0.25, 0.3) is 5.91 Å². The van der Waals surface area contributed by atoms with Crippen LogP contribution in [0.2, 0.25) is 0 Å². The van der Waals surface area contributed by atoms with Crippen LogP contribution in [0.3, 0.4) is 0 Å². The number of rotatable bonds is 5. The molecule has 0 fully saturated rings. The molecular formula is C15H24Cl2N4O. The molecule has 3 N–H and O–H groups in total. The highest BCUT2D eigenvalue weighted by Crippen LogP contribution is 2.13. The number of amides is 1. The van der Waals surface area contributed by atoms with Crippen molar-refractivity contribution in [1.82, 2.24) is 15.6 Å². The van der Waals surface area contributed by atoms with Gasteiger partial charge >= 0.3 is 0 Å². The van der Waals surface area contributed by atoms with Gasteiger partial charge in [0.1, 0.15) is 5.82 Å². The predicted molar refractivity (Wildman–Crippen MR) is 95.4 cm³/mol. The summed E-state index contributed by atoms with van der Waals surface area (Å²) in [4.78, 5) is 16.5. The highest BCUT2D eigenvalue weighted by atomic mass is 35.5. The zero-order valence-electron chi connectivity index (χ0n) is 12.9. The number of hydrogen-bond donors (Lipinski definition) is 3. The molecule has 1 aliphatic heterocycles. The summed E-state index contributed by atoms with van der Waals surface area (Å²) < 4.78 is 0. The molecule has 22 heavy (non-hydrogen) atoms. The van der Waals surface area contributed by atoms with Crippen molar-refractivity contribution in [2.45, 2.75) is 26.3 Å². The molecule has 1 aromatic heterocycles. The molecule has 124 valence electrons. The van der Waals surface area contributed by atoms with E-state index in [4.69, 9.17) is 0 Å². The fourth-order valence-electron chi connectivity index (χ4n) is 2.10. The van der Waals surface area contributed by atoms with Gasteiger partial charge in [0.15, 0.2) is 0 Å². The quantitative estimate of drug-likeness (QED) is 0.716. The molecule has 0 aliphatic carbocycles. The Kier molecular flexibility index (Phi) is 9.81. The highest BCUT2D eigenvalue weighted by molar-refractivity contribution is 5.98. The number of carbonyl (C=O) groups is 1. The van der Waals surface area contributed by atoms with Crippen LogP contribution in [-0.4, -0.2) is 36.6 Å². The standard InChI is InChI=1S/C15H22N4O.2ClH/c1-11(2)19-14-13(4-3-7-17-14)15(20)18-10-12-5-8-16-9-6-12;;/h3-5,7,11,16H,6,8-10H2,1-2H3,(H,17,19)(H,18,20);2*1H. The van der Waals surface area contributed by atoms with E-state index in [9.17, 15) is 4.79 Å². The molecule has 0 unspecified atom stereocenters. The van der Waals surface area contributed by atoms with E-state index in [0.717, 1.165) is 19.5 Å². The van der Waals surface area contributed by atoms with Crippen molar-refractivity contribution in [3.05, 3.63) is 35.5 Å². The van der Waals surface area contributed by atoms with E-state index in [1.54, 1.807) is 18.3 Å². The summed E-state index contributed by atoms with van der Waals surface area (Å²) in [5, 5.41) is 9.42. The number of nitrogens with one attached hydrogen (secondary N) is 3. The van der Waals surface area contributed by atoms with Crippen molar-refractivity contribution < 1.29 is 4.79 Å². The van der Waals surface area contributed by atoms with Crippen LogP contribution in [-0.2, 0) is 0 Å². The van der Waals surface area contributed by atoms with E-state index < -0.39 is 0 Å². The molecule has 5 nitrogen and oxygen atoms in total. The Bertz CT molecular complexity index is 506. The number of nitrogens with zero attached hydrogens (tertiary/aromatic N) is 1. The molecular weight excluding hydrogens is 323 g/mol. The summed E-state index contributed by atoms with van der Waals surface area (Å²) in [6.45, 7) is 6.52. The molecule has 0 aromatic carbocycles. The van der Waals surface area contributed by atoms with Crippen LogP contribution in [0.1, 0.15) is 30.6 Å². The van der Waals surface area contributed by atoms with Gasteiger partial charge in [0.05, 0.1) is 5.56 Å². The summed E-state index contributed by atoms with van der Waals surface area (Å²) in [6.07, 6.45) is 4.82. The first-order chi connectivity index (χ1) is 9.66. The lowest BCUT2D eigenvalue weighted by atomic mass is 10.1. The van der Waals surface area contributed by atoms with E-state index in [1.165, 1.54) is 5.57 Å². The van der Waals surface area contributed by atoms with Crippen molar-refractivity contribution >= 4 is 36.5 Å². The Labute approximate surface area is 144 Å². The number of carbonyl (C=O) groups excluding carboxylic acids is 1. The molecule has 1 aromatic rings. The van der Waals surface area contributed by atoms with Crippen molar-refractivity contribution in [3.8, 4) is 0 Å². The van der Waals surface area contributed by atoms with Gasteiger partial charge < -0.3 is 16.0 Å². The predicted octanol–water partition coefficient (Wildman–Crippen LogP) is 2.40. The number of anilines is 1. The maximum atomic E-state index is 12.3. The first-order valence-corrected chi connectivity index (χ1v) is 7.05. The third-order valence-electron chi connectivity index (χ3n) is 3.11. The lowest BCUT2D eigenvalue weighted by molar-refractivity contribution is 0.0957. The van der Waals surface area contributed by atoms with E-state index >= 15 is 0 Å². The van der Waals surface area contributed by atoms with Crippen LogP contribution in [0, 0.1) is 0 Å². The van der Waals surface area contributed by atoms with Crippen LogP contribution < -0.4 is 16.0 Å². The molecule has 2 heterocycles. The third-order valence-corrected chi connectivity index (χ3v) is 3.11.